The van der Waals surface area contributed by atoms with E-state index in [0.717, 1.165) is 82.8 Å². The van der Waals surface area contributed by atoms with E-state index in [1.807, 2.05) is 5.01 Å². The number of carbonyl (C=O) groups excluding carboxylic acids is 1. The molecule has 0 radical (unpaired) electrons. The minimum Gasteiger partial charge on any atom is -0.381 e. The van der Waals surface area contributed by atoms with E-state index in [2.05, 4.69) is 5.32 Å². The number of halogens is 2. The van der Waals surface area contributed by atoms with Crippen LogP contribution >= 0.6 is 23.2 Å². The molecule has 0 aromatic carbocycles. The van der Waals surface area contributed by atoms with Crippen molar-refractivity contribution in [1.82, 2.24) is 10.3 Å². The number of amides is 1. The Hall–Kier alpha value is -0.440. The molecule has 0 bridgehead atoms. The third-order valence-corrected chi connectivity index (χ3v) is 11.1. The Morgan fingerprint density at radius 3 is 2.43 bits per heavy atom. The SMILES string of the molecule is COC1CCC2CC(C3CC(C4CCC(OC)C(OC)C4)=NN3C(=O)C3CCCCC3Cl)C(Cl)NC2C1. The standard InChI is InChI=1S/C28H45Cl2N3O4/c1-35-18-10-8-16-12-20(27(30)31-22(16)14-18)24-15-23(17-9-11-25(36-2)26(13-17)37-3)32-33(24)28(34)19-6-4-5-7-21(19)29/h16-22,24-27,31H,4-15H2,1-3H3. The zero-order chi connectivity index (χ0) is 26.1. The van der Waals surface area contributed by atoms with Crippen molar-refractivity contribution < 1.29 is 19.0 Å². The van der Waals surface area contributed by atoms with Gasteiger partial charge in [-0.1, -0.05) is 12.8 Å². The zero-order valence-corrected chi connectivity index (χ0v) is 24.1. The van der Waals surface area contributed by atoms with Crippen molar-refractivity contribution in [3.8, 4) is 0 Å². The molecule has 0 spiro atoms. The quantitative estimate of drug-likeness (QED) is 0.370. The largest absolute Gasteiger partial charge is 0.381 e. The molecule has 11 unspecified atom stereocenters. The highest BCUT2D eigenvalue weighted by atomic mass is 35.5. The lowest BCUT2D eigenvalue weighted by atomic mass is 9.72. The van der Waals surface area contributed by atoms with Crippen LogP contribution in [0.5, 0.6) is 0 Å². The molecular weight excluding hydrogens is 513 g/mol. The first-order valence-electron chi connectivity index (χ1n) is 14.5. The molecule has 0 aromatic rings. The highest BCUT2D eigenvalue weighted by molar-refractivity contribution is 6.22. The molecule has 4 fully saturated rings. The summed E-state index contributed by atoms with van der Waals surface area (Å²) in [6.07, 6.45) is 12.2. The van der Waals surface area contributed by atoms with Crippen molar-refractivity contribution in [2.45, 2.75) is 118 Å². The second kappa shape index (κ2) is 12.4. The fraction of sp³-hybridized carbons (Fsp3) is 0.929. The molecule has 1 N–H and O–H groups in total. The molecule has 2 aliphatic heterocycles. The molecule has 37 heavy (non-hydrogen) atoms. The van der Waals surface area contributed by atoms with Crippen molar-refractivity contribution >= 4 is 34.8 Å². The van der Waals surface area contributed by atoms with E-state index in [1.54, 1.807) is 21.3 Å². The van der Waals surface area contributed by atoms with E-state index < -0.39 is 0 Å². The predicted octanol–water partition coefficient (Wildman–Crippen LogP) is 4.93. The molecule has 0 aromatic heterocycles. The summed E-state index contributed by atoms with van der Waals surface area (Å²) >= 11 is 13.8. The maximum atomic E-state index is 14.0. The normalized spacial score (nSPS) is 44.8. The van der Waals surface area contributed by atoms with Gasteiger partial charge in [0, 0.05) is 56.7 Å². The van der Waals surface area contributed by atoms with Gasteiger partial charge in [0.05, 0.1) is 35.8 Å². The van der Waals surface area contributed by atoms with Gasteiger partial charge in [-0.2, -0.15) is 5.10 Å². The Kier molecular flexibility index (Phi) is 9.41. The van der Waals surface area contributed by atoms with Crippen LogP contribution in [0.2, 0.25) is 0 Å². The monoisotopic (exact) mass is 557 g/mol. The van der Waals surface area contributed by atoms with E-state index in [9.17, 15) is 4.79 Å². The first-order chi connectivity index (χ1) is 17.9. The van der Waals surface area contributed by atoms with Gasteiger partial charge in [-0.3, -0.25) is 10.1 Å². The Labute approximate surface area is 232 Å². The van der Waals surface area contributed by atoms with Gasteiger partial charge >= 0.3 is 0 Å². The van der Waals surface area contributed by atoms with Crippen LogP contribution in [0.3, 0.4) is 0 Å². The van der Waals surface area contributed by atoms with Gasteiger partial charge in [-0.15, -0.1) is 23.2 Å². The molecule has 11 atom stereocenters. The van der Waals surface area contributed by atoms with Crippen LogP contribution in [-0.4, -0.2) is 79.2 Å². The van der Waals surface area contributed by atoms with Crippen LogP contribution in [0.1, 0.15) is 77.0 Å². The lowest BCUT2D eigenvalue weighted by Gasteiger charge is -2.47. The van der Waals surface area contributed by atoms with Gasteiger partial charge in [0.2, 0.25) is 5.91 Å². The minimum absolute atomic E-state index is 0.0227. The smallest absolute Gasteiger partial charge is 0.247 e. The average molecular weight is 559 g/mol. The average Bonchev–Trinajstić information content (AvgIpc) is 3.37. The number of piperidine rings is 1. The van der Waals surface area contributed by atoms with Gasteiger partial charge in [0.15, 0.2) is 0 Å². The Morgan fingerprint density at radius 1 is 0.919 bits per heavy atom. The van der Waals surface area contributed by atoms with Crippen molar-refractivity contribution in [3.63, 3.8) is 0 Å². The third-order valence-electron chi connectivity index (χ3n) is 10.1. The highest BCUT2D eigenvalue weighted by Crippen LogP contribution is 2.44. The maximum absolute atomic E-state index is 14.0. The Balaban J connectivity index is 1.36. The van der Waals surface area contributed by atoms with E-state index >= 15 is 0 Å². The number of nitrogens with one attached hydrogen (secondary N) is 1. The van der Waals surface area contributed by atoms with Gasteiger partial charge in [-0.05, 0) is 63.7 Å². The van der Waals surface area contributed by atoms with E-state index in [-0.39, 0.29) is 46.9 Å². The second-order valence-corrected chi connectivity index (χ2v) is 13.0. The zero-order valence-electron chi connectivity index (χ0n) is 22.6. The molecule has 5 rings (SSSR count). The number of rotatable bonds is 6. The van der Waals surface area contributed by atoms with E-state index in [4.69, 9.17) is 42.5 Å². The number of methoxy groups -OCH3 is 3. The summed E-state index contributed by atoms with van der Waals surface area (Å²) in [6.45, 7) is 0. The predicted molar refractivity (Wildman–Crippen MR) is 146 cm³/mol. The number of fused-ring (bicyclic) bond motifs is 1. The summed E-state index contributed by atoms with van der Waals surface area (Å²) in [5.74, 6) is 0.941. The van der Waals surface area contributed by atoms with Crippen molar-refractivity contribution in [2.75, 3.05) is 21.3 Å². The van der Waals surface area contributed by atoms with Crippen LogP contribution in [0, 0.1) is 23.7 Å². The van der Waals surface area contributed by atoms with Crippen molar-refractivity contribution in [1.29, 1.82) is 0 Å². The first kappa shape index (κ1) is 28.1. The molecule has 7 nitrogen and oxygen atoms in total. The van der Waals surface area contributed by atoms with Crippen LogP contribution in [-0.2, 0) is 19.0 Å². The van der Waals surface area contributed by atoms with Crippen molar-refractivity contribution in [2.24, 2.45) is 28.8 Å². The molecule has 1 amide bonds. The molecule has 2 heterocycles. The molecule has 1 saturated heterocycles. The second-order valence-electron chi connectivity index (χ2n) is 12.0. The van der Waals surface area contributed by atoms with Gasteiger partial charge < -0.3 is 14.2 Å². The van der Waals surface area contributed by atoms with Crippen LogP contribution < -0.4 is 5.32 Å². The third kappa shape index (κ3) is 5.88. The first-order valence-corrected chi connectivity index (χ1v) is 15.3. The van der Waals surface area contributed by atoms with Gasteiger partial charge in [0.25, 0.3) is 0 Å². The number of carbonyl (C=O) groups is 1. The fourth-order valence-electron chi connectivity index (χ4n) is 7.85. The number of hydrogen-bond acceptors (Lipinski definition) is 6. The summed E-state index contributed by atoms with van der Waals surface area (Å²) in [5.41, 5.74) is 0.937. The number of nitrogens with zero attached hydrogens (tertiary/aromatic N) is 2. The van der Waals surface area contributed by atoms with Gasteiger partial charge in [0.1, 0.15) is 0 Å². The van der Waals surface area contributed by atoms with Gasteiger partial charge in [-0.25, -0.2) is 5.01 Å². The van der Waals surface area contributed by atoms with Crippen LogP contribution in [0.15, 0.2) is 5.10 Å². The minimum atomic E-state index is -0.194. The summed E-state index contributed by atoms with van der Waals surface area (Å²) in [6, 6.07) is 0.353. The molecule has 210 valence electrons. The summed E-state index contributed by atoms with van der Waals surface area (Å²) in [5, 5.41) is 10.5. The van der Waals surface area contributed by atoms with Crippen LogP contribution in [0.25, 0.3) is 0 Å². The summed E-state index contributed by atoms with van der Waals surface area (Å²) in [4.78, 5) is 14.0. The Morgan fingerprint density at radius 2 is 1.70 bits per heavy atom. The number of ether oxygens (including phenoxy) is 3. The molecule has 3 saturated carbocycles. The van der Waals surface area contributed by atoms with E-state index in [0.29, 0.717) is 24.0 Å². The lowest BCUT2D eigenvalue weighted by molar-refractivity contribution is -0.139. The molecule has 3 aliphatic carbocycles. The van der Waals surface area contributed by atoms with Crippen LogP contribution in [0.4, 0.5) is 0 Å². The summed E-state index contributed by atoms with van der Waals surface area (Å²) in [7, 11) is 5.33. The Bertz CT molecular complexity index is 831. The van der Waals surface area contributed by atoms with Crippen molar-refractivity contribution in [3.05, 3.63) is 0 Å². The summed E-state index contributed by atoms with van der Waals surface area (Å²) < 4.78 is 17.1. The molecule has 5 aliphatic rings. The highest BCUT2D eigenvalue weighted by Gasteiger charge is 2.49. The molecular formula is C28H45Cl2N3O4. The molecule has 9 heteroatoms. The number of hydrogen-bond donors (Lipinski definition) is 1. The topological polar surface area (TPSA) is 72.4 Å². The fourth-order valence-corrected chi connectivity index (χ4v) is 8.67. The number of hydrazone groups is 1. The lowest BCUT2D eigenvalue weighted by Crippen LogP contribution is -2.58. The maximum Gasteiger partial charge on any atom is 0.247 e. The van der Waals surface area contributed by atoms with E-state index in [1.165, 1.54) is 0 Å². The number of alkyl halides is 2.